The van der Waals surface area contributed by atoms with E-state index >= 15 is 0 Å². The Morgan fingerprint density at radius 3 is 2.39 bits per heavy atom. The van der Waals surface area contributed by atoms with Gasteiger partial charge in [0.15, 0.2) is 17.5 Å². The average molecular weight is 255 g/mol. The highest BCUT2D eigenvalue weighted by atomic mass is 19.2. The molecule has 1 saturated heterocycles. The number of likely N-dealkylation sites (N-methyl/N-ethyl adjacent to an activating group) is 1. The SMILES string of the molecule is CN1C(=O)C/C(=C\c2ccc(F)c(F)c2F)C1=O. The molecule has 0 saturated carbocycles. The van der Waals surface area contributed by atoms with Gasteiger partial charge in [0.2, 0.25) is 5.91 Å². The number of amides is 2. The molecule has 18 heavy (non-hydrogen) atoms. The van der Waals surface area contributed by atoms with E-state index in [1.54, 1.807) is 0 Å². The van der Waals surface area contributed by atoms with E-state index in [1.807, 2.05) is 0 Å². The predicted octanol–water partition coefficient (Wildman–Crippen LogP) is 1.88. The fourth-order valence-electron chi connectivity index (χ4n) is 1.64. The normalized spacial score (nSPS) is 18.0. The van der Waals surface area contributed by atoms with Gasteiger partial charge in [0, 0.05) is 18.2 Å². The molecule has 0 N–H and O–H groups in total. The average Bonchev–Trinajstić information content (AvgIpc) is 2.58. The number of nitrogens with zero attached hydrogens (tertiary/aromatic N) is 1. The van der Waals surface area contributed by atoms with Gasteiger partial charge in [0.05, 0.1) is 6.42 Å². The minimum absolute atomic E-state index is 0.0485. The van der Waals surface area contributed by atoms with Crippen LogP contribution in [0.4, 0.5) is 13.2 Å². The van der Waals surface area contributed by atoms with Crippen LogP contribution >= 0.6 is 0 Å². The molecule has 0 unspecified atom stereocenters. The first-order valence-corrected chi connectivity index (χ1v) is 5.06. The molecule has 0 spiro atoms. The molecule has 0 bridgehead atoms. The molecule has 0 aromatic heterocycles. The Labute approximate surface area is 101 Å². The third-order valence-electron chi connectivity index (χ3n) is 2.69. The molecule has 3 nitrogen and oxygen atoms in total. The van der Waals surface area contributed by atoms with Crippen molar-refractivity contribution in [1.82, 2.24) is 4.90 Å². The third kappa shape index (κ3) is 1.90. The van der Waals surface area contributed by atoms with Gasteiger partial charge < -0.3 is 0 Å². The van der Waals surface area contributed by atoms with E-state index in [-0.39, 0.29) is 17.6 Å². The van der Waals surface area contributed by atoms with Crippen LogP contribution in [0.5, 0.6) is 0 Å². The standard InChI is InChI=1S/C12H8F3NO2/c1-16-9(17)5-7(12(16)18)4-6-2-3-8(13)11(15)10(6)14/h2-4H,5H2,1H3/b7-4+. The van der Waals surface area contributed by atoms with Crippen molar-refractivity contribution < 1.29 is 22.8 Å². The molecule has 94 valence electrons. The molecular weight excluding hydrogens is 247 g/mol. The predicted molar refractivity (Wildman–Crippen MR) is 56.7 cm³/mol. The summed E-state index contributed by atoms with van der Waals surface area (Å²) in [7, 11) is 1.30. The fraction of sp³-hybridized carbons (Fsp3) is 0.167. The molecule has 2 rings (SSSR count). The number of hydrogen-bond acceptors (Lipinski definition) is 2. The van der Waals surface area contributed by atoms with Crippen molar-refractivity contribution in [2.75, 3.05) is 7.05 Å². The smallest absolute Gasteiger partial charge is 0.256 e. The van der Waals surface area contributed by atoms with Gasteiger partial charge in [-0.3, -0.25) is 14.5 Å². The number of imide groups is 1. The van der Waals surface area contributed by atoms with Gasteiger partial charge in [-0.25, -0.2) is 13.2 Å². The van der Waals surface area contributed by atoms with Gasteiger partial charge in [-0.05, 0) is 18.2 Å². The number of hydrogen-bond donors (Lipinski definition) is 0. The summed E-state index contributed by atoms with van der Waals surface area (Å²) in [6.07, 6.45) is 0.884. The molecule has 6 heteroatoms. The Kier molecular flexibility index (Phi) is 2.94. The largest absolute Gasteiger partial charge is 0.282 e. The van der Waals surface area contributed by atoms with E-state index in [0.717, 1.165) is 23.1 Å². The molecule has 1 aromatic rings. The third-order valence-corrected chi connectivity index (χ3v) is 2.69. The minimum atomic E-state index is -1.60. The van der Waals surface area contributed by atoms with Gasteiger partial charge in [0.25, 0.3) is 5.91 Å². The highest BCUT2D eigenvalue weighted by Gasteiger charge is 2.30. The molecule has 1 aliphatic rings. The summed E-state index contributed by atoms with van der Waals surface area (Å²) in [6.45, 7) is 0. The van der Waals surface area contributed by atoms with E-state index in [9.17, 15) is 22.8 Å². The summed E-state index contributed by atoms with van der Waals surface area (Å²) in [5.41, 5.74) is -0.215. The lowest BCUT2D eigenvalue weighted by atomic mass is 10.1. The monoisotopic (exact) mass is 255 g/mol. The van der Waals surface area contributed by atoms with Gasteiger partial charge in [-0.2, -0.15) is 0 Å². The van der Waals surface area contributed by atoms with Crippen LogP contribution in [-0.4, -0.2) is 23.8 Å². The highest BCUT2D eigenvalue weighted by molar-refractivity contribution is 6.15. The zero-order chi connectivity index (χ0) is 13.4. The Balaban J connectivity index is 2.44. The Hall–Kier alpha value is -2.11. The van der Waals surface area contributed by atoms with Gasteiger partial charge in [-0.15, -0.1) is 0 Å². The van der Waals surface area contributed by atoms with Crippen molar-refractivity contribution in [1.29, 1.82) is 0 Å². The fourth-order valence-corrected chi connectivity index (χ4v) is 1.64. The van der Waals surface area contributed by atoms with Crippen LogP contribution in [0.15, 0.2) is 17.7 Å². The Bertz CT molecular complexity index is 581. The lowest BCUT2D eigenvalue weighted by Crippen LogP contribution is -2.23. The maximum atomic E-state index is 13.4. The van der Waals surface area contributed by atoms with Crippen molar-refractivity contribution in [3.05, 3.63) is 40.7 Å². The van der Waals surface area contributed by atoms with E-state index in [1.165, 1.54) is 7.05 Å². The van der Waals surface area contributed by atoms with Crippen molar-refractivity contribution in [3.63, 3.8) is 0 Å². The second kappa shape index (κ2) is 4.29. The molecule has 1 heterocycles. The second-order valence-electron chi connectivity index (χ2n) is 3.87. The number of carbonyl (C=O) groups excluding carboxylic acids is 2. The Morgan fingerprint density at radius 2 is 1.83 bits per heavy atom. The molecule has 0 aliphatic carbocycles. The van der Waals surface area contributed by atoms with Crippen LogP contribution < -0.4 is 0 Å². The van der Waals surface area contributed by atoms with Crippen molar-refractivity contribution in [3.8, 4) is 0 Å². The number of halogens is 3. The van der Waals surface area contributed by atoms with E-state index in [0.29, 0.717) is 0 Å². The number of rotatable bonds is 1. The van der Waals surface area contributed by atoms with E-state index in [4.69, 9.17) is 0 Å². The quantitative estimate of drug-likeness (QED) is 0.436. The first-order valence-electron chi connectivity index (χ1n) is 5.06. The molecular formula is C12H8F3NO2. The molecule has 1 aromatic carbocycles. The number of carbonyl (C=O) groups is 2. The number of benzene rings is 1. The zero-order valence-corrected chi connectivity index (χ0v) is 9.34. The molecule has 0 radical (unpaired) electrons. The zero-order valence-electron chi connectivity index (χ0n) is 9.34. The lowest BCUT2D eigenvalue weighted by molar-refractivity contribution is -0.135. The molecule has 0 atom stereocenters. The lowest BCUT2D eigenvalue weighted by Gasteiger charge is -2.03. The summed E-state index contributed by atoms with van der Waals surface area (Å²) in [5, 5.41) is 0. The highest BCUT2D eigenvalue weighted by Crippen LogP contribution is 2.23. The maximum Gasteiger partial charge on any atom is 0.256 e. The van der Waals surface area contributed by atoms with Gasteiger partial charge >= 0.3 is 0 Å². The summed E-state index contributed by atoms with van der Waals surface area (Å²) >= 11 is 0. The van der Waals surface area contributed by atoms with E-state index in [2.05, 4.69) is 0 Å². The van der Waals surface area contributed by atoms with Crippen LogP contribution in [0.25, 0.3) is 6.08 Å². The maximum absolute atomic E-state index is 13.4. The topological polar surface area (TPSA) is 37.4 Å². The number of likely N-dealkylation sites (tertiary alicyclic amines) is 1. The van der Waals surface area contributed by atoms with E-state index < -0.39 is 29.3 Å². The van der Waals surface area contributed by atoms with Gasteiger partial charge in [-0.1, -0.05) is 0 Å². The summed E-state index contributed by atoms with van der Waals surface area (Å²) < 4.78 is 39.1. The van der Waals surface area contributed by atoms with Crippen LogP contribution in [-0.2, 0) is 9.59 Å². The van der Waals surface area contributed by atoms with Crippen LogP contribution in [0.3, 0.4) is 0 Å². The minimum Gasteiger partial charge on any atom is -0.282 e. The first kappa shape index (κ1) is 12.3. The summed E-state index contributed by atoms with van der Waals surface area (Å²) in [5.74, 6) is -5.27. The van der Waals surface area contributed by atoms with Gasteiger partial charge in [0.1, 0.15) is 0 Å². The first-order chi connectivity index (χ1) is 8.41. The van der Waals surface area contributed by atoms with Crippen molar-refractivity contribution in [2.24, 2.45) is 0 Å². The summed E-state index contributed by atoms with van der Waals surface area (Å²) in [4.78, 5) is 23.6. The molecule has 1 aliphatic heterocycles. The second-order valence-corrected chi connectivity index (χ2v) is 3.87. The van der Waals surface area contributed by atoms with Crippen molar-refractivity contribution in [2.45, 2.75) is 6.42 Å². The van der Waals surface area contributed by atoms with Crippen LogP contribution in [0.2, 0.25) is 0 Å². The summed E-state index contributed by atoms with van der Waals surface area (Å²) in [6, 6.07) is 1.77. The van der Waals surface area contributed by atoms with Crippen LogP contribution in [0.1, 0.15) is 12.0 Å². The van der Waals surface area contributed by atoms with Crippen molar-refractivity contribution >= 4 is 17.9 Å². The van der Waals surface area contributed by atoms with Crippen LogP contribution in [0, 0.1) is 17.5 Å². The molecule has 2 amide bonds. The Morgan fingerprint density at radius 1 is 1.17 bits per heavy atom. The molecule has 1 fully saturated rings.